The van der Waals surface area contributed by atoms with Gasteiger partial charge in [-0.25, -0.2) is 13.4 Å². The third kappa shape index (κ3) is 4.44. The van der Waals surface area contributed by atoms with Crippen molar-refractivity contribution < 1.29 is 17.9 Å². The Morgan fingerprint density at radius 2 is 2.05 bits per heavy atom. The number of esters is 1. The molecule has 0 radical (unpaired) electrons. The Hall–Kier alpha value is -1.12. The van der Waals surface area contributed by atoms with Crippen molar-refractivity contribution in [3.63, 3.8) is 0 Å². The fourth-order valence-corrected chi connectivity index (χ4v) is 4.20. The molecule has 1 aliphatic heterocycles. The van der Waals surface area contributed by atoms with Gasteiger partial charge in [0.15, 0.2) is 0 Å². The standard InChI is InChI=1S/C14H20N2O4S2/c1-11(2)20-14(17)10-21-13-6-5-12(9-15-13)22(18,19)16-7-3-4-8-16/h5-6,9,11H,3-4,7-8,10H2,1-2H3. The summed E-state index contributed by atoms with van der Waals surface area (Å²) in [5.41, 5.74) is 0. The molecular weight excluding hydrogens is 324 g/mol. The normalized spacial score (nSPS) is 16.1. The van der Waals surface area contributed by atoms with E-state index in [4.69, 9.17) is 4.74 Å². The Balaban J connectivity index is 1.97. The van der Waals surface area contributed by atoms with Gasteiger partial charge in [-0.05, 0) is 38.8 Å². The maximum absolute atomic E-state index is 12.3. The van der Waals surface area contributed by atoms with Gasteiger partial charge in [-0.1, -0.05) is 11.8 Å². The molecule has 122 valence electrons. The molecule has 6 nitrogen and oxygen atoms in total. The number of hydrogen-bond donors (Lipinski definition) is 0. The molecule has 1 aromatic rings. The monoisotopic (exact) mass is 344 g/mol. The van der Waals surface area contributed by atoms with Crippen LogP contribution in [-0.2, 0) is 19.6 Å². The van der Waals surface area contributed by atoms with Gasteiger partial charge < -0.3 is 4.74 Å². The van der Waals surface area contributed by atoms with Crippen LogP contribution < -0.4 is 0 Å². The first kappa shape index (κ1) is 17.2. The van der Waals surface area contributed by atoms with Gasteiger partial charge in [0.05, 0.1) is 16.9 Å². The summed E-state index contributed by atoms with van der Waals surface area (Å²) < 4.78 is 31.2. The van der Waals surface area contributed by atoms with Gasteiger partial charge in [-0.2, -0.15) is 4.31 Å². The van der Waals surface area contributed by atoms with Gasteiger partial charge >= 0.3 is 5.97 Å². The number of carbonyl (C=O) groups excluding carboxylic acids is 1. The second-order valence-corrected chi connectivity index (χ2v) is 8.20. The van der Waals surface area contributed by atoms with Crippen molar-refractivity contribution in [2.45, 2.75) is 42.7 Å². The molecule has 0 N–H and O–H groups in total. The number of pyridine rings is 1. The molecule has 1 fully saturated rings. The van der Waals surface area contributed by atoms with Crippen LogP contribution in [0.1, 0.15) is 26.7 Å². The van der Waals surface area contributed by atoms with E-state index in [9.17, 15) is 13.2 Å². The summed E-state index contributed by atoms with van der Waals surface area (Å²) in [5, 5.41) is 0.598. The van der Waals surface area contributed by atoms with Crippen molar-refractivity contribution in [3.05, 3.63) is 18.3 Å². The van der Waals surface area contributed by atoms with E-state index in [0.29, 0.717) is 18.1 Å². The molecule has 1 aromatic heterocycles. The molecule has 2 heterocycles. The molecule has 0 aromatic carbocycles. The van der Waals surface area contributed by atoms with Crippen molar-refractivity contribution in [2.24, 2.45) is 0 Å². The summed E-state index contributed by atoms with van der Waals surface area (Å²) in [6.45, 7) is 4.72. The summed E-state index contributed by atoms with van der Waals surface area (Å²) in [6, 6.07) is 3.16. The highest BCUT2D eigenvalue weighted by molar-refractivity contribution is 7.99. The van der Waals surface area contributed by atoms with E-state index in [-0.39, 0.29) is 22.7 Å². The minimum absolute atomic E-state index is 0.144. The Kier molecular flexibility index (Phi) is 5.82. The average molecular weight is 344 g/mol. The van der Waals surface area contributed by atoms with Crippen LogP contribution >= 0.6 is 11.8 Å². The second kappa shape index (κ2) is 7.43. The zero-order chi connectivity index (χ0) is 16.2. The maximum Gasteiger partial charge on any atom is 0.316 e. The van der Waals surface area contributed by atoms with Crippen LogP contribution in [0.3, 0.4) is 0 Å². The summed E-state index contributed by atoms with van der Waals surface area (Å²) in [4.78, 5) is 15.8. The van der Waals surface area contributed by atoms with Crippen molar-refractivity contribution >= 4 is 27.8 Å². The molecule has 22 heavy (non-hydrogen) atoms. The van der Waals surface area contributed by atoms with E-state index in [0.717, 1.165) is 12.8 Å². The highest BCUT2D eigenvalue weighted by Crippen LogP contribution is 2.22. The van der Waals surface area contributed by atoms with E-state index in [1.54, 1.807) is 19.9 Å². The molecule has 0 spiro atoms. The first-order valence-electron chi connectivity index (χ1n) is 7.18. The van der Waals surface area contributed by atoms with Crippen LogP contribution in [0.5, 0.6) is 0 Å². The highest BCUT2D eigenvalue weighted by atomic mass is 32.2. The predicted molar refractivity (Wildman–Crippen MR) is 84.2 cm³/mol. The molecule has 0 atom stereocenters. The van der Waals surface area contributed by atoms with Gasteiger partial charge in [0, 0.05) is 19.3 Å². The quantitative estimate of drug-likeness (QED) is 0.579. The second-order valence-electron chi connectivity index (χ2n) is 5.27. The van der Waals surface area contributed by atoms with Crippen molar-refractivity contribution in [1.82, 2.24) is 9.29 Å². The number of nitrogens with zero attached hydrogens (tertiary/aromatic N) is 2. The smallest absolute Gasteiger partial charge is 0.316 e. The molecular formula is C14H20N2O4S2. The van der Waals surface area contributed by atoms with Crippen LogP contribution in [0.25, 0.3) is 0 Å². The van der Waals surface area contributed by atoms with Gasteiger partial charge in [0.2, 0.25) is 10.0 Å². The lowest BCUT2D eigenvalue weighted by atomic mass is 10.4. The van der Waals surface area contributed by atoms with E-state index in [2.05, 4.69) is 4.98 Å². The molecule has 0 amide bonds. The summed E-state index contributed by atoms with van der Waals surface area (Å²) in [5.74, 6) is -0.154. The summed E-state index contributed by atoms with van der Waals surface area (Å²) in [6.07, 6.45) is 3.01. The zero-order valence-electron chi connectivity index (χ0n) is 12.7. The molecule has 0 saturated carbocycles. The van der Waals surface area contributed by atoms with Crippen LogP contribution in [0.15, 0.2) is 28.3 Å². The Labute approximate surface area is 135 Å². The van der Waals surface area contributed by atoms with E-state index < -0.39 is 10.0 Å². The first-order chi connectivity index (χ1) is 10.4. The maximum atomic E-state index is 12.3. The molecule has 0 bridgehead atoms. The lowest BCUT2D eigenvalue weighted by Crippen LogP contribution is -2.27. The van der Waals surface area contributed by atoms with Crippen molar-refractivity contribution in [3.8, 4) is 0 Å². The highest BCUT2D eigenvalue weighted by Gasteiger charge is 2.27. The number of ether oxygens (including phenoxy) is 1. The largest absolute Gasteiger partial charge is 0.462 e. The molecule has 8 heteroatoms. The number of thioether (sulfide) groups is 1. The summed E-state index contributed by atoms with van der Waals surface area (Å²) in [7, 11) is -3.43. The molecule has 2 rings (SSSR count). The van der Waals surface area contributed by atoms with E-state index in [1.165, 1.54) is 28.3 Å². The third-order valence-electron chi connectivity index (χ3n) is 3.12. The topological polar surface area (TPSA) is 76.6 Å². The SMILES string of the molecule is CC(C)OC(=O)CSc1ccc(S(=O)(=O)N2CCCC2)cn1. The number of sulfonamides is 1. The predicted octanol–water partition coefficient (Wildman–Crippen LogP) is 1.91. The van der Waals surface area contributed by atoms with Crippen LogP contribution in [0, 0.1) is 0 Å². The van der Waals surface area contributed by atoms with Gasteiger partial charge in [-0.3, -0.25) is 4.79 Å². The fraction of sp³-hybridized carbons (Fsp3) is 0.571. The average Bonchev–Trinajstić information content (AvgIpc) is 3.00. The third-order valence-corrected chi connectivity index (χ3v) is 5.92. The number of carbonyl (C=O) groups is 1. The van der Waals surface area contributed by atoms with Gasteiger partial charge in [0.25, 0.3) is 0 Å². The minimum Gasteiger partial charge on any atom is -0.462 e. The van der Waals surface area contributed by atoms with Crippen LogP contribution in [0.4, 0.5) is 0 Å². The Bertz CT molecular complexity index is 608. The lowest BCUT2D eigenvalue weighted by Gasteiger charge is -2.15. The minimum atomic E-state index is -3.43. The lowest BCUT2D eigenvalue weighted by molar-refractivity contribution is -0.144. The van der Waals surface area contributed by atoms with Gasteiger partial charge in [0.1, 0.15) is 4.90 Å². The first-order valence-corrected chi connectivity index (χ1v) is 9.60. The molecule has 1 saturated heterocycles. The van der Waals surface area contributed by atoms with Crippen LogP contribution in [0.2, 0.25) is 0 Å². The number of hydrogen-bond acceptors (Lipinski definition) is 6. The summed E-state index contributed by atoms with van der Waals surface area (Å²) >= 11 is 1.23. The fourth-order valence-electron chi connectivity index (χ4n) is 2.11. The van der Waals surface area contributed by atoms with Crippen LogP contribution in [-0.4, -0.2) is 48.6 Å². The molecule has 0 unspecified atom stereocenters. The van der Waals surface area contributed by atoms with E-state index in [1.807, 2.05) is 0 Å². The zero-order valence-corrected chi connectivity index (χ0v) is 14.3. The van der Waals surface area contributed by atoms with Crippen molar-refractivity contribution in [2.75, 3.05) is 18.8 Å². The van der Waals surface area contributed by atoms with Crippen molar-refractivity contribution in [1.29, 1.82) is 0 Å². The Morgan fingerprint density at radius 3 is 2.59 bits per heavy atom. The van der Waals surface area contributed by atoms with E-state index >= 15 is 0 Å². The number of aromatic nitrogens is 1. The van der Waals surface area contributed by atoms with Gasteiger partial charge in [-0.15, -0.1) is 0 Å². The molecule has 1 aliphatic rings. The Morgan fingerprint density at radius 1 is 1.36 bits per heavy atom. The number of rotatable bonds is 6. The molecule has 0 aliphatic carbocycles.